The van der Waals surface area contributed by atoms with Crippen LogP contribution in [0.15, 0.2) is 18.2 Å². The number of ether oxygens (including phenoxy) is 2. The second-order valence-corrected chi connectivity index (χ2v) is 5.99. The van der Waals surface area contributed by atoms with Gasteiger partial charge in [0, 0.05) is 32.5 Å². The van der Waals surface area contributed by atoms with Crippen molar-refractivity contribution in [3.8, 4) is 11.5 Å². The first kappa shape index (κ1) is 19.8. The maximum Gasteiger partial charge on any atom is 0.223 e. The highest BCUT2D eigenvalue weighted by Gasteiger charge is 2.18. The molecule has 2 amide bonds. The molecule has 1 N–H and O–H groups in total. The van der Waals surface area contributed by atoms with E-state index in [4.69, 9.17) is 9.47 Å². The number of benzene rings is 1. The molecule has 0 aliphatic heterocycles. The largest absolute Gasteiger partial charge is 0.497 e. The molecule has 0 saturated heterocycles. The number of rotatable bonds is 9. The molecule has 0 unspecified atom stereocenters. The first-order valence-corrected chi connectivity index (χ1v) is 8.15. The van der Waals surface area contributed by atoms with E-state index in [9.17, 15) is 9.59 Å². The molecule has 0 fully saturated rings. The third-order valence-electron chi connectivity index (χ3n) is 3.66. The summed E-state index contributed by atoms with van der Waals surface area (Å²) < 4.78 is 10.5. The van der Waals surface area contributed by atoms with Crippen molar-refractivity contribution < 1.29 is 19.1 Å². The third kappa shape index (κ3) is 6.10. The van der Waals surface area contributed by atoms with Crippen LogP contribution < -0.4 is 19.7 Å². The lowest BCUT2D eigenvalue weighted by Crippen LogP contribution is -2.34. The van der Waals surface area contributed by atoms with Crippen LogP contribution in [0.25, 0.3) is 0 Å². The smallest absolute Gasteiger partial charge is 0.223 e. The molecule has 0 spiro atoms. The van der Waals surface area contributed by atoms with Crippen LogP contribution in [0.3, 0.4) is 0 Å². The molecule has 1 rings (SSSR count). The number of carbonyl (C=O) groups excluding carboxylic acids is 2. The molecule has 0 saturated carbocycles. The number of hydrogen-bond acceptors (Lipinski definition) is 4. The van der Waals surface area contributed by atoms with Gasteiger partial charge in [-0.15, -0.1) is 0 Å². The van der Waals surface area contributed by atoms with Gasteiger partial charge in [-0.2, -0.15) is 0 Å². The summed E-state index contributed by atoms with van der Waals surface area (Å²) in [6.07, 6.45) is 1.17. The molecule has 24 heavy (non-hydrogen) atoms. The molecule has 0 aliphatic rings. The van der Waals surface area contributed by atoms with E-state index in [1.54, 1.807) is 32.4 Å². The molecule has 0 aromatic heterocycles. The Morgan fingerprint density at radius 3 is 2.46 bits per heavy atom. The van der Waals surface area contributed by atoms with E-state index in [1.165, 1.54) is 11.8 Å². The summed E-state index contributed by atoms with van der Waals surface area (Å²) >= 11 is 0. The second kappa shape index (κ2) is 9.80. The van der Waals surface area contributed by atoms with Crippen LogP contribution in [-0.2, 0) is 9.59 Å². The predicted octanol–water partition coefficient (Wildman–Crippen LogP) is 2.61. The molecule has 0 aliphatic carbocycles. The lowest BCUT2D eigenvalue weighted by atomic mass is 10.1. The molecule has 0 atom stereocenters. The summed E-state index contributed by atoms with van der Waals surface area (Å²) in [5.41, 5.74) is 0.597. The lowest BCUT2D eigenvalue weighted by Gasteiger charge is -2.23. The van der Waals surface area contributed by atoms with Crippen LogP contribution in [0.4, 0.5) is 5.69 Å². The Hall–Kier alpha value is -2.24. The highest BCUT2D eigenvalue weighted by atomic mass is 16.5. The Morgan fingerprint density at radius 1 is 1.21 bits per heavy atom. The Kier molecular flexibility index (Phi) is 8.09. The topological polar surface area (TPSA) is 67.9 Å². The third-order valence-corrected chi connectivity index (χ3v) is 3.66. The zero-order valence-electron chi connectivity index (χ0n) is 15.2. The maximum atomic E-state index is 12.0. The minimum Gasteiger partial charge on any atom is -0.497 e. The highest BCUT2D eigenvalue weighted by molar-refractivity contribution is 5.94. The molecule has 6 nitrogen and oxygen atoms in total. The number of nitrogens with zero attached hydrogens (tertiary/aromatic N) is 1. The molecular formula is C18H28N2O4. The fourth-order valence-electron chi connectivity index (χ4n) is 2.26. The van der Waals surface area contributed by atoms with E-state index in [0.717, 1.165) is 6.42 Å². The molecule has 0 heterocycles. The second-order valence-electron chi connectivity index (χ2n) is 5.99. The van der Waals surface area contributed by atoms with Gasteiger partial charge in [-0.05, 0) is 24.5 Å². The monoisotopic (exact) mass is 336 g/mol. The van der Waals surface area contributed by atoms with Crippen molar-refractivity contribution in [2.45, 2.75) is 33.6 Å². The molecule has 134 valence electrons. The highest BCUT2D eigenvalue weighted by Crippen LogP contribution is 2.32. The number of nitrogens with one attached hydrogen (secondary N) is 1. The van der Waals surface area contributed by atoms with E-state index in [2.05, 4.69) is 19.2 Å². The minimum atomic E-state index is -0.156. The Morgan fingerprint density at radius 2 is 1.92 bits per heavy atom. The molecular weight excluding hydrogens is 308 g/mol. The zero-order chi connectivity index (χ0) is 18.1. The fraction of sp³-hybridized carbons (Fsp3) is 0.556. The van der Waals surface area contributed by atoms with Crippen molar-refractivity contribution >= 4 is 17.5 Å². The average Bonchev–Trinajstić information content (AvgIpc) is 2.54. The van der Waals surface area contributed by atoms with E-state index < -0.39 is 0 Å². The van der Waals surface area contributed by atoms with E-state index in [0.29, 0.717) is 29.6 Å². The normalized spacial score (nSPS) is 10.4. The summed E-state index contributed by atoms with van der Waals surface area (Å²) in [5.74, 6) is 1.50. The van der Waals surface area contributed by atoms with Crippen molar-refractivity contribution in [2.75, 3.05) is 32.2 Å². The van der Waals surface area contributed by atoms with Gasteiger partial charge in [0.2, 0.25) is 11.8 Å². The van der Waals surface area contributed by atoms with Gasteiger partial charge in [0.15, 0.2) is 0 Å². The average molecular weight is 336 g/mol. The van der Waals surface area contributed by atoms with Gasteiger partial charge in [0.25, 0.3) is 0 Å². The summed E-state index contributed by atoms with van der Waals surface area (Å²) in [6, 6.07) is 5.24. The Bertz CT molecular complexity index is 558. The molecule has 1 aromatic rings. The summed E-state index contributed by atoms with van der Waals surface area (Å²) in [5, 5.41) is 2.88. The molecule has 0 bridgehead atoms. The number of anilines is 1. The SMILES string of the molecule is COc1ccc(OC)c(N(CCC(=O)NCCC(C)C)C(C)=O)c1. The van der Waals surface area contributed by atoms with Crippen molar-refractivity contribution in [3.05, 3.63) is 18.2 Å². The van der Waals surface area contributed by atoms with Gasteiger partial charge < -0.3 is 19.7 Å². The van der Waals surface area contributed by atoms with E-state index >= 15 is 0 Å². The van der Waals surface area contributed by atoms with Crippen LogP contribution in [0.5, 0.6) is 11.5 Å². The first-order chi connectivity index (χ1) is 11.4. The van der Waals surface area contributed by atoms with Crippen LogP contribution in [-0.4, -0.2) is 39.1 Å². The number of amides is 2. The predicted molar refractivity (Wildman–Crippen MR) is 94.7 cm³/mol. The van der Waals surface area contributed by atoms with Crippen molar-refractivity contribution in [2.24, 2.45) is 5.92 Å². The molecule has 1 aromatic carbocycles. The van der Waals surface area contributed by atoms with Gasteiger partial charge in [-0.3, -0.25) is 9.59 Å². The van der Waals surface area contributed by atoms with E-state index in [1.807, 2.05) is 0 Å². The van der Waals surface area contributed by atoms with Crippen molar-refractivity contribution in [3.63, 3.8) is 0 Å². The van der Waals surface area contributed by atoms with Gasteiger partial charge in [0.1, 0.15) is 11.5 Å². The number of methoxy groups -OCH3 is 2. The quantitative estimate of drug-likeness (QED) is 0.753. The standard InChI is InChI=1S/C18H28N2O4/c1-13(2)8-10-19-18(22)9-11-20(14(3)21)16-12-15(23-4)6-7-17(16)24-5/h6-7,12-13H,8-11H2,1-5H3,(H,19,22). The van der Waals surface area contributed by atoms with Crippen LogP contribution in [0.1, 0.15) is 33.6 Å². The first-order valence-electron chi connectivity index (χ1n) is 8.15. The Balaban J connectivity index is 2.77. The minimum absolute atomic E-state index is 0.0660. The van der Waals surface area contributed by atoms with Gasteiger partial charge in [-0.1, -0.05) is 13.8 Å². The molecule has 0 radical (unpaired) electrons. The number of hydrogen-bond donors (Lipinski definition) is 1. The fourth-order valence-corrected chi connectivity index (χ4v) is 2.26. The molecule has 6 heteroatoms. The van der Waals surface area contributed by atoms with Gasteiger partial charge in [-0.25, -0.2) is 0 Å². The van der Waals surface area contributed by atoms with Crippen LogP contribution >= 0.6 is 0 Å². The van der Waals surface area contributed by atoms with Crippen LogP contribution in [0.2, 0.25) is 0 Å². The van der Waals surface area contributed by atoms with Gasteiger partial charge in [0.05, 0.1) is 19.9 Å². The Labute approximate surface area is 144 Å². The lowest BCUT2D eigenvalue weighted by molar-refractivity contribution is -0.121. The van der Waals surface area contributed by atoms with Crippen molar-refractivity contribution in [1.29, 1.82) is 0 Å². The van der Waals surface area contributed by atoms with Crippen molar-refractivity contribution in [1.82, 2.24) is 5.32 Å². The summed E-state index contributed by atoms with van der Waals surface area (Å²) in [4.78, 5) is 25.5. The van der Waals surface area contributed by atoms with E-state index in [-0.39, 0.29) is 24.8 Å². The van der Waals surface area contributed by atoms with Gasteiger partial charge >= 0.3 is 0 Å². The van der Waals surface area contributed by atoms with Crippen LogP contribution in [0, 0.1) is 5.92 Å². The maximum absolute atomic E-state index is 12.0. The summed E-state index contributed by atoms with van der Waals surface area (Å²) in [6.45, 7) is 6.62. The zero-order valence-corrected chi connectivity index (χ0v) is 15.2. The number of carbonyl (C=O) groups is 2. The summed E-state index contributed by atoms with van der Waals surface area (Å²) in [7, 11) is 3.11.